The number of hydrogen-bond donors (Lipinski definition) is 1. The fraction of sp³-hybridized carbons (Fsp3) is 0.929. The maximum atomic E-state index is 12.5. The standard InChI is InChI=1S/C14H24N2O2/c1-13(2,3)18-12(17)16(11-4-5-15-9-11)14-6-10(7-14)8-14/h10-11,15H,4-9H2,1-3H3. The lowest BCUT2D eigenvalue weighted by molar-refractivity contribution is -0.149. The number of nitrogens with one attached hydrogen (secondary N) is 1. The molecule has 4 fully saturated rings. The Balaban J connectivity index is 1.74. The summed E-state index contributed by atoms with van der Waals surface area (Å²) in [7, 11) is 0. The van der Waals surface area contributed by atoms with Crippen molar-refractivity contribution in [2.45, 2.75) is 63.6 Å². The smallest absolute Gasteiger partial charge is 0.411 e. The summed E-state index contributed by atoms with van der Waals surface area (Å²) in [6.45, 7) is 7.77. The molecule has 0 aromatic rings. The summed E-state index contributed by atoms with van der Waals surface area (Å²) in [4.78, 5) is 14.6. The summed E-state index contributed by atoms with van der Waals surface area (Å²) >= 11 is 0. The predicted molar refractivity (Wildman–Crippen MR) is 69.4 cm³/mol. The zero-order valence-corrected chi connectivity index (χ0v) is 11.7. The van der Waals surface area contributed by atoms with Gasteiger partial charge < -0.3 is 10.1 Å². The van der Waals surface area contributed by atoms with Crippen molar-refractivity contribution in [1.29, 1.82) is 0 Å². The molecular formula is C14H24N2O2. The van der Waals surface area contributed by atoms with Crippen molar-refractivity contribution >= 4 is 6.09 Å². The van der Waals surface area contributed by atoms with Gasteiger partial charge in [0.15, 0.2) is 0 Å². The van der Waals surface area contributed by atoms with Crippen molar-refractivity contribution in [3.8, 4) is 0 Å². The van der Waals surface area contributed by atoms with E-state index in [1.54, 1.807) is 0 Å². The van der Waals surface area contributed by atoms with E-state index in [9.17, 15) is 4.79 Å². The van der Waals surface area contributed by atoms with Gasteiger partial charge in [0.25, 0.3) is 0 Å². The zero-order valence-electron chi connectivity index (χ0n) is 11.7. The number of carbonyl (C=O) groups is 1. The minimum atomic E-state index is -0.398. The highest BCUT2D eigenvalue weighted by Crippen LogP contribution is 2.61. The van der Waals surface area contributed by atoms with Gasteiger partial charge in [-0.3, -0.25) is 4.90 Å². The van der Waals surface area contributed by atoms with Crippen molar-refractivity contribution in [2.24, 2.45) is 5.92 Å². The number of carbonyl (C=O) groups excluding carboxylic acids is 1. The van der Waals surface area contributed by atoms with Crippen LogP contribution in [-0.2, 0) is 4.74 Å². The molecule has 1 N–H and O–H groups in total. The van der Waals surface area contributed by atoms with Crippen LogP contribution in [0.1, 0.15) is 46.5 Å². The molecule has 0 spiro atoms. The number of rotatable bonds is 2. The molecule has 4 nitrogen and oxygen atoms in total. The summed E-state index contributed by atoms with van der Waals surface area (Å²) in [5.74, 6) is 0.879. The van der Waals surface area contributed by atoms with Crippen molar-refractivity contribution < 1.29 is 9.53 Å². The topological polar surface area (TPSA) is 41.6 Å². The molecule has 2 bridgehead atoms. The summed E-state index contributed by atoms with van der Waals surface area (Å²) in [5, 5.41) is 3.36. The molecule has 1 amide bonds. The minimum absolute atomic E-state index is 0.102. The molecule has 0 radical (unpaired) electrons. The second-order valence-corrected chi connectivity index (χ2v) is 7.20. The van der Waals surface area contributed by atoms with Crippen LogP contribution in [0.5, 0.6) is 0 Å². The SMILES string of the molecule is CC(C)(C)OC(=O)N(C1CCNC1)C12CC(C1)C2. The monoisotopic (exact) mass is 252 g/mol. The van der Waals surface area contributed by atoms with Gasteiger partial charge in [0.05, 0.1) is 0 Å². The zero-order chi connectivity index (χ0) is 13.0. The second-order valence-electron chi connectivity index (χ2n) is 7.20. The van der Waals surface area contributed by atoms with Gasteiger partial charge in [-0.2, -0.15) is 0 Å². The number of nitrogens with zero attached hydrogens (tertiary/aromatic N) is 1. The van der Waals surface area contributed by atoms with Crippen LogP contribution in [0.2, 0.25) is 0 Å². The molecule has 1 heterocycles. The first-order valence-corrected chi connectivity index (χ1v) is 7.13. The highest BCUT2D eigenvalue weighted by atomic mass is 16.6. The average Bonchev–Trinajstić information content (AvgIpc) is 2.57. The van der Waals surface area contributed by atoms with Crippen LogP contribution in [0.4, 0.5) is 4.79 Å². The fourth-order valence-corrected chi connectivity index (χ4v) is 3.63. The Bertz CT molecular complexity index is 338. The first-order chi connectivity index (χ1) is 8.40. The molecule has 1 unspecified atom stereocenters. The lowest BCUT2D eigenvalue weighted by Crippen LogP contribution is -2.72. The molecule has 4 heteroatoms. The van der Waals surface area contributed by atoms with E-state index in [4.69, 9.17) is 4.74 Å². The third kappa shape index (κ3) is 1.91. The third-order valence-corrected chi connectivity index (χ3v) is 4.51. The molecular weight excluding hydrogens is 228 g/mol. The van der Waals surface area contributed by atoms with Gasteiger partial charge in [-0.25, -0.2) is 4.79 Å². The molecule has 102 valence electrons. The summed E-state index contributed by atoms with van der Waals surface area (Å²) in [6.07, 6.45) is 4.55. The third-order valence-electron chi connectivity index (χ3n) is 4.51. The van der Waals surface area contributed by atoms with Crippen molar-refractivity contribution in [2.75, 3.05) is 13.1 Å². The Labute approximate surface area is 109 Å². The molecule has 0 aromatic carbocycles. The molecule has 0 aromatic heterocycles. The van der Waals surface area contributed by atoms with Crippen LogP contribution in [0, 0.1) is 5.92 Å². The Hall–Kier alpha value is -0.770. The minimum Gasteiger partial charge on any atom is -0.444 e. The maximum absolute atomic E-state index is 12.5. The molecule has 4 aliphatic rings. The van der Waals surface area contributed by atoms with E-state index < -0.39 is 5.60 Å². The summed E-state index contributed by atoms with van der Waals surface area (Å²) in [5.41, 5.74) is -0.241. The first-order valence-electron chi connectivity index (χ1n) is 7.13. The molecule has 3 saturated carbocycles. The normalized spacial score (nSPS) is 37.7. The fourth-order valence-electron chi connectivity index (χ4n) is 3.63. The van der Waals surface area contributed by atoms with Gasteiger partial charge in [-0.15, -0.1) is 0 Å². The first kappa shape index (κ1) is 12.3. The van der Waals surface area contributed by atoms with Crippen LogP contribution in [0.25, 0.3) is 0 Å². The predicted octanol–water partition coefficient (Wildman–Crippen LogP) is 2.14. The van der Waals surface area contributed by atoms with Gasteiger partial charge in [0.2, 0.25) is 0 Å². The van der Waals surface area contributed by atoms with Crippen molar-refractivity contribution in [3.63, 3.8) is 0 Å². The van der Waals surface area contributed by atoms with Gasteiger partial charge >= 0.3 is 6.09 Å². The molecule has 3 aliphatic carbocycles. The van der Waals surface area contributed by atoms with Crippen molar-refractivity contribution in [3.05, 3.63) is 0 Å². The molecule has 18 heavy (non-hydrogen) atoms. The molecule has 4 rings (SSSR count). The Morgan fingerprint density at radius 3 is 2.39 bits per heavy atom. The number of ether oxygens (including phenoxy) is 1. The number of amides is 1. The summed E-state index contributed by atoms with van der Waals surface area (Å²) < 4.78 is 5.62. The second kappa shape index (κ2) is 3.86. The van der Waals surface area contributed by atoms with Crippen LogP contribution in [0.15, 0.2) is 0 Å². The van der Waals surface area contributed by atoms with E-state index in [-0.39, 0.29) is 11.6 Å². The van der Waals surface area contributed by atoms with Gasteiger partial charge in [0.1, 0.15) is 5.60 Å². The lowest BCUT2D eigenvalue weighted by Gasteiger charge is -2.67. The van der Waals surface area contributed by atoms with Crippen LogP contribution < -0.4 is 5.32 Å². The highest BCUT2D eigenvalue weighted by Gasteiger charge is 2.63. The van der Waals surface area contributed by atoms with E-state index in [1.165, 1.54) is 19.3 Å². The largest absolute Gasteiger partial charge is 0.444 e. The maximum Gasteiger partial charge on any atom is 0.411 e. The van der Waals surface area contributed by atoms with E-state index in [1.807, 2.05) is 20.8 Å². The van der Waals surface area contributed by atoms with Crippen LogP contribution >= 0.6 is 0 Å². The molecule has 1 atom stereocenters. The van der Waals surface area contributed by atoms with E-state index in [0.29, 0.717) is 6.04 Å². The van der Waals surface area contributed by atoms with E-state index in [2.05, 4.69) is 10.2 Å². The molecule has 1 saturated heterocycles. The number of hydrogen-bond acceptors (Lipinski definition) is 3. The van der Waals surface area contributed by atoms with E-state index in [0.717, 1.165) is 25.4 Å². The Morgan fingerprint density at radius 2 is 2.00 bits per heavy atom. The van der Waals surface area contributed by atoms with Crippen LogP contribution in [-0.4, -0.2) is 41.3 Å². The van der Waals surface area contributed by atoms with Crippen LogP contribution in [0.3, 0.4) is 0 Å². The lowest BCUT2D eigenvalue weighted by atomic mass is 9.49. The highest BCUT2D eigenvalue weighted by molar-refractivity contribution is 5.70. The average molecular weight is 252 g/mol. The van der Waals surface area contributed by atoms with Crippen molar-refractivity contribution in [1.82, 2.24) is 10.2 Å². The Morgan fingerprint density at radius 1 is 1.33 bits per heavy atom. The molecule has 1 aliphatic heterocycles. The van der Waals surface area contributed by atoms with Gasteiger partial charge in [-0.1, -0.05) is 0 Å². The van der Waals surface area contributed by atoms with Gasteiger partial charge in [0, 0.05) is 18.1 Å². The van der Waals surface area contributed by atoms with Gasteiger partial charge in [-0.05, 0) is 58.9 Å². The van der Waals surface area contributed by atoms with E-state index >= 15 is 0 Å². The quantitative estimate of drug-likeness (QED) is 0.818. The summed E-state index contributed by atoms with van der Waals surface area (Å²) in [6, 6.07) is 0.334. The Kier molecular flexibility index (Phi) is 2.63.